The average Bonchev–Trinajstić information content (AvgIpc) is 2.38. The molecule has 0 radical (unpaired) electrons. The second kappa shape index (κ2) is 6.97. The molecule has 0 amide bonds. The minimum Gasteiger partial charge on any atom is -0.0654 e. The lowest BCUT2D eigenvalue weighted by atomic mass is 9.81. The normalized spacial score (nSPS) is 18.7. The Hall–Kier alpha value is -0.780. The maximum Gasteiger partial charge on any atom is -0.0248 e. The van der Waals surface area contributed by atoms with Crippen LogP contribution >= 0.6 is 0 Å². The van der Waals surface area contributed by atoms with Crippen LogP contribution in [0.3, 0.4) is 0 Å². The van der Waals surface area contributed by atoms with Crippen molar-refractivity contribution in [2.24, 2.45) is 5.92 Å². The monoisotopic (exact) mass is 244 g/mol. The summed E-state index contributed by atoms with van der Waals surface area (Å²) in [5.74, 6) is 0.960. The van der Waals surface area contributed by atoms with Gasteiger partial charge in [-0.3, -0.25) is 0 Å². The number of hydrogen-bond acceptors (Lipinski definition) is 0. The topological polar surface area (TPSA) is 0 Å². The van der Waals surface area contributed by atoms with Crippen molar-refractivity contribution in [3.05, 3.63) is 34.9 Å². The highest BCUT2D eigenvalue weighted by Crippen LogP contribution is 2.29. The summed E-state index contributed by atoms with van der Waals surface area (Å²) in [5, 5.41) is 0. The molecule has 1 atom stereocenters. The fourth-order valence-electron chi connectivity index (χ4n) is 3.24. The van der Waals surface area contributed by atoms with E-state index in [4.69, 9.17) is 0 Å². The van der Waals surface area contributed by atoms with Gasteiger partial charge in [0.1, 0.15) is 0 Å². The quantitative estimate of drug-likeness (QED) is 0.583. The molecule has 0 nitrogen and oxygen atoms in total. The molecule has 0 aliphatic heterocycles. The number of fused-ring (bicyclic) bond motifs is 1. The SMILES string of the molecule is CCCCCCCC1CCc2cc(C)ccc2C1. The van der Waals surface area contributed by atoms with Crippen LogP contribution in [0.5, 0.6) is 0 Å². The second-order valence-corrected chi connectivity index (χ2v) is 6.08. The number of hydrogen-bond donors (Lipinski definition) is 0. The highest BCUT2D eigenvalue weighted by atomic mass is 14.2. The first-order valence-corrected chi connectivity index (χ1v) is 7.88. The lowest BCUT2D eigenvalue weighted by Crippen LogP contribution is -2.14. The molecule has 0 heteroatoms. The van der Waals surface area contributed by atoms with Gasteiger partial charge < -0.3 is 0 Å². The number of unbranched alkanes of at least 4 members (excludes halogenated alkanes) is 4. The molecule has 100 valence electrons. The van der Waals surface area contributed by atoms with Crippen LogP contribution in [-0.4, -0.2) is 0 Å². The molecule has 0 saturated heterocycles. The maximum absolute atomic E-state index is 2.40. The van der Waals surface area contributed by atoms with Gasteiger partial charge in [-0.05, 0) is 43.2 Å². The predicted molar refractivity (Wildman–Crippen MR) is 80.1 cm³/mol. The predicted octanol–water partition coefficient (Wildman–Crippen LogP) is 5.46. The smallest absolute Gasteiger partial charge is 0.0248 e. The Morgan fingerprint density at radius 2 is 1.89 bits per heavy atom. The highest BCUT2D eigenvalue weighted by Gasteiger charge is 2.17. The Labute approximate surface area is 113 Å². The van der Waals surface area contributed by atoms with Crippen LogP contribution in [0.1, 0.15) is 68.6 Å². The Bertz CT molecular complexity index is 364. The number of rotatable bonds is 6. The molecule has 0 bridgehead atoms. The molecule has 1 aromatic rings. The molecule has 0 fully saturated rings. The first-order valence-electron chi connectivity index (χ1n) is 7.88. The number of benzene rings is 1. The summed E-state index contributed by atoms with van der Waals surface area (Å²) in [4.78, 5) is 0. The second-order valence-electron chi connectivity index (χ2n) is 6.08. The van der Waals surface area contributed by atoms with Crippen molar-refractivity contribution in [2.75, 3.05) is 0 Å². The van der Waals surface area contributed by atoms with Gasteiger partial charge in [0.2, 0.25) is 0 Å². The zero-order valence-corrected chi connectivity index (χ0v) is 12.2. The third-order valence-corrected chi connectivity index (χ3v) is 4.41. The lowest BCUT2D eigenvalue weighted by Gasteiger charge is -2.25. The van der Waals surface area contributed by atoms with Crippen LogP contribution in [0.25, 0.3) is 0 Å². The van der Waals surface area contributed by atoms with Crippen LogP contribution in [-0.2, 0) is 12.8 Å². The van der Waals surface area contributed by atoms with E-state index in [0.29, 0.717) is 0 Å². The molecule has 0 saturated carbocycles. The molecular weight excluding hydrogens is 216 g/mol. The van der Waals surface area contributed by atoms with Crippen LogP contribution in [0.15, 0.2) is 18.2 Å². The van der Waals surface area contributed by atoms with Crippen molar-refractivity contribution in [3.63, 3.8) is 0 Å². The van der Waals surface area contributed by atoms with E-state index in [9.17, 15) is 0 Å². The van der Waals surface area contributed by atoms with E-state index in [1.54, 1.807) is 11.1 Å². The van der Waals surface area contributed by atoms with Crippen molar-refractivity contribution < 1.29 is 0 Å². The zero-order chi connectivity index (χ0) is 12.8. The Morgan fingerprint density at radius 3 is 2.72 bits per heavy atom. The summed E-state index contributed by atoms with van der Waals surface area (Å²) in [7, 11) is 0. The van der Waals surface area contributed by atoms with E-state index >= 15 is 0 Å². The van der Waals surface area contributed by atoms with Gasteiger partial charge in [0.25, 0.3) is 0 Å². The summed E-state index contributed by atoms with van der Waals surface area (Å²) in [6.45, 7) is 4.50. The molecule has 1 unspecified atom stereocenters. The van der Waals surface area contributed by atoms with Crippen LogP contribution in [0, 0.1) is 12.8 Å². The standard InChI is InChI=1S/C18H28/c1-3-4-5-6-7-8-16-10-12-17-13-15(2)9-11-18(17)14-16/h9,11,13,16H,3-8,10,12,14H2,1-2H3. The van der Waals surface area contributed by atoms with E-state index in [-0.39, 0.29) is 0 Å². The van der Waals surface area contributed by atoms with E-state index < -0.39 is 0 Å². The van der Waals surface area contributed by atoms with Crippen LogP contribution in [0.4, 0.5) is 0 Å². The summed E-state index contributed by atoms with van der Waals surface area (Å²) >= 11 is 0. The Balaban J connectivity index is 1.76. The van der Waals surface area contributed by atoms with Gasteiger partial charge in [-0.15, -0.1) is 0 Å². The van der Waals surface area contributed by atoms with Gasteiger partial charge in [0.05, 0.1) is 0 Å². The molecule has 0 aromatic heterocycles. The molecule has 18 heavy (non-hydrogen) atoms. The molecule has 0 N–H and O–H groups in total. The third-order valence-electron chi connectivity index (χ3n) is 4.41. The lowest BCUT2D eigenvalue weighted by molar-refractivity contribution is 0.405. The average molecular weight is 244 g/mol. The molecule has 1 aliphatic carbocycles. The van der Waals surface area contributed by atoms with Gasteiger partial charge >= 0.3 is 0 Å². The van der Waals surface area contributed by atoms with Crippen molar-refractivity contribution in [2.45, 2.75) is 71.6 Å². The summed E-state index contributed by atoms with van der Waals surface area (Å²) in [6.07, 6.45) is 12.7. The van der Waals surface area contributed by atoms with E-state index in [1.165, 1.54) is 63.4 Å². The van der Waals surface area contributed by atoms with Crippen molar-refractivity contribution in [1.82, 2.24) is 0 Å². The van der Waals surface area contributed by atoms with Gasteiger partial charge in [-0.25, -0.2) is 0 Å². The van der Waals surface area contributed by atoms with Gasteiger partial charge in [-0.1, -0.05) is 69.2 Å². The zero-order valence-electron chi connectivity index (χ0n) is 12.2. The third kappa shape index (κ3) is 3.86. The molecule has 1 aromatic carbocycles. The summed E-state index contributed by atoms with van der Waals surface area (Å²) < 4.78 is 0. The first-order chi connectivity index (χ1) is 8.79. The van der Waals surface area contributed by atoms with Crippen molar-refractivity contribution in [3.8, 4) is 0 Å². The van der Waals surface area contributed by atoms with Crippen LogP contribution in [0.2, 0.25) is 0 Å². The van der Waals surface area contributed by atoms with Crippen molar-refractivity contribution in [1.29, 1.82) is 0 Å². The van der Waals surface area contributed by atoms with Gasteiger partial charge in [-0.2, -0.15) is 0 Å². The van der Waals surface area contributed by atoms with Crippen LogP contribution < -0.4 is 0 Å². The largest absolute Gasteiger partial charge is 0.0654 e. The molecule has 2 rings (SSSR count). The Kier molecular flexibility index (Phi) is 5.28. The van der Waals surface area contributed by atoms with Gasteiger partial charge in [0.15, 0.2) is 0 Å². The maximum atomic E-state index is 2.40. The molecule has 1 aliphatic rings. The number of aryl methyl sites for hydroxylation is 2. The molecular formula is C18H28. The van der Waals surface area contributed by atoms with Gasteiger partial charge in [0, 0.05) is 0 Å². The minimum absolute atomic E-state index is 0.960. The van der Waals surface area contributed by atoms with E-state index in [0.717, 1.165) is 5.92 Å². The van der Waals surface area contributed by atoms with Crippen molar-refractivity contribution >= 4 is 0 Å². The minimum atomic E-state index is 0.960. The highest BCUT2D eigenvalue weighted by molar-refractivity contribution is 5.33. The van der Waals surface area contributed by atoms with E-state index in [1.807, 2.05) is 0 Å². The fraction of sp³-hybridized carbons (Fsp3) is 0.667. The summed E-state index contributed by atoms with van der Waals surface area (Å²) in [6, 6.07) is 7.04. The summed E-state index contributed by atoms with van der Waals surface area (Å²) in [5.41, 5.74) is 4.68. The fourth-order valence-corrected chi connectivity index (χ4v) is 3.24. The van der Waals surface area contributed by atoms with E-state index in [2.05, 4.69) is 32.0 Å². The Morgan fingerprint density at radius 1 is 1.06 bits per heavy atom. The molecule has 0 spiro atoms. The first kappa shape index (κ1) is 13.6. The molecule has 0 heterocycles.